The van der Waals surface area contributed by atoms with E-state index in [9.17, 15) is 14.7 Å². The van der Waals surface area contributed by atoms with Gasteiger partial charge in [0.05, 0.1) is 43.7 Å². The molecule has 1 saturated heterocycles. The van der Waals surface area contributed by atoms with Crippen LogP contribution < -0.4 is 15.2 Å². The number of carboxylic acid groups (broad SMARTS) is 1. The van der Waals surface area contributed by atoms with E-state index >= 15 is 0 Å². The van der Waals surface area contributed by atoms with Crippen LogP contribution in [0.15, 0.2) is 29.2 Å². The lowest BCUT2D eigenvalue weighted by atomic mass is 9.88. The first-order valence-corrected chi connectivity index (χ1v) is 10.9. The molecule has 0 bridgehead atoms. The molecule has 1 atom stereocenters. The van der Waals surface area contributed by atoms with Crippen molar-refractivity contribution in [2.45, 2.75) is 38.5 Å². The Kier molecular flexibility index (Phi) is 6.47. The number of nitrogens with zero attached hydrogens (tertiary/aromatic N) is 2. The van der Waals surface area contributed by atoms with Gasteiger partial charge in [-0.05, 0) is 31.5 Å². The number of morpholine rings is 1. The Morgan fingerprint density at radius 1 is 1.21 bits per heavy atom. The van der Waals surface area contributed by atoms with Crippen LogP contribution in [0.1, 0.15) is 47.8 Å². The summed E-state index contributed by atoms with van der Waals surface area (Å²) in [5.74, 6) is -0.531. The normalized spacial score (nSPS) is 18.3. The fourth-order valence-electron chi connectivity index (χ4n) is 4.63. The number of rotatable bonds is 8. The van der Waals surface area contributed by atoms with Crippen LogP contribution in [0.2, 0.25) is 0 Å². The van der Waals surface area contributed by atoms with Crippen molar-refractivity contribution in [3.8, 4) is 17.0 Å². The van der Waals surface area contributed by atoms with Gasteiger partial charge in [0.2, 0.25) is 0 Å². The molecule has 9 nitrogen and oxygen atoms in total. The first-order valence-electron chi connectivity index (χ1n) is 10.9. The maximum absolute atomic E-state index is 12.6. The van der Waals surface area contributed by atoms with Crippen LogP contribution in [0, 0.1) is 0 Å². The van der Waals surface area contributed by atoms with E-state index in [1.165, 1.54) is 12.3 Å². The zero-order valence-corrected chi connectivity index (χ0v) is 19.4. The predicted octanol–water partition coefficient (Wildman–Crippen LogP) is 2.58. The number of methoxy groups -OCH3 is 2. The Morgan fingerprint density at radius 2 is 2.00 bits per heavy atom. The summed E-state index contributed by atoms with van der Waals surface area (Å²) in [5, 5.41) is 11.7. The van der Waals surface area contributed by atoms with Crippen molar-refractivity contribution in [2.24, 2.45) is 0 Å². The Labute approximate surface area is 192 Å². The van der Waals surface area contributed by atoms with E-state index in [-0.39, 0.29) is 11.6 Å². The number of fused-ring (bicyclic) bond motifs is 6. The minimum Gasteiger partial charge on any atom is -0.493 e. The zero-order chi connectivity index (χ0) is 23.8. The molecular formula is C24H30N2O7. The van der Waals surface area contributed by atoms with Gasteiger partial charge in [0.1, 0.15) is 11.3 Å². The second kappa shape index (κ2) is 9.17. The van der Waals surface area contributed by atoms with Crippen LogP contribution in [0.25, 0.3) is 11.3 Å². The molecule has 1 aromatic carbocycles. The molecular weight excluding hydrogens is 428 g/mol. The number of carboxylic acids is 1. The third kappa shape index (κ3) is 4.23. The molecule has 0 radical (unpaired) electrons. The van der Waals surface area contributed by atoms with E-state index in [2.05, 4.69) is 5.01 Å². The largest absolute Gasteiger partial charge is 0.493 e. The van der Waals surface area contributed by atoms with E-state index in [4.69, 9.17) is 18.9 Å². The molecule has 0 spiro atoms. The SMILES string of the molecule is COCCCOc1cc2c(cc1COC)-c1cc(=O)c(C(=O)O)cn1N1[C@@H]2COCC1(C)C. The van der Waals surface area contributed by atoms with Gasteiger partial charge in [-0.15, -0.1) is 0 Å². The number of aromatic nitrogens is 1. The van der Waals surface area contributed by atoms with Crippen LogP contribution in [0.5, 0.6) is 5.75 Å². The number of ether oxygens (including phenoxy) is 4. The third-order valence-electron chi connectivity index (χ3n) is 6.06. The molecule has 3 heterocycles. The molecule has 1 N–H and O–H groups in total. The number of carbonyl (C=O) groups is 1. The second-order valence-electron chi connectivity index (χ2n) is 8.95. The number of hydrogen-bond donors (Lipinski definition) is 1. The van der Waals surface area contributed by atoms with Gasteiger partial charge in [0.25, 0.3) is 0 Å². The van der Waals surface area contributed by atoms with Gasteiger partial charge in [0.15, 0.2) is 5.43 Å². The molecule has 33 heavy (non-hydrogen) atoms. The summed E-state index contributed by atoms with van der Waals surface area (Å²) in [7, 11) is 3.27. The standard InChI is InChI=1S/C24H30N2O7/c1-24(2)14-32-13-20-17-9-22(33-7-5-6-30-3)15(12-31-4)8-16(17)19-10-21(27)18(23(28)29)11-25(19)26(20)24/h8-11,20H,5-7,12-14H2,1-4H3,(H,28,29)/t20-/m1/s1. The highest BCUT2D eigenvalue weighted by atomic mass is 16.5. The van der Waals surface area contributed by atoms with E-state index < -0.39 is 16.9 Å². The summed E-state index contributed by atoms with van der Waals surface area (Å²) in [6.45, 7) is 6.40. The molecule has 178 valence electrons. The summed E-state index contributed by atoms with van der Waals surface area (Å²) in [4.78, 5) is 24.4. The highest BCUT2D eigenvalue weighted by molar-refractivity contribution is 5.88. The lowest BCUT2D eigenvalue weighted by Crippen LogP contribution is -2.61. The number of benzene rings is 1. The van der Waals surface area contributed by atoms with Crippen LogP contribution in [0.4, 0.5) is 0 Å². The van der Waals surface area contributed by atoms with Crippen LogP contribution in [-0.4, -0.2) is 61.9 Å². The zero-order valence-electron chi connectivity index (χ0n) is 19.4. The van der Waals surface area contributed by atoms with Gasteiger partial charge in [-0.1, -0.05) is 0 Å². The molecule has 1 fully saturated rings. The molecule has 9 heteroatoms. The average Bonchev–Trinajstić information content (AvgIpc) is 2.76. The quantitative estimate of drug-likeness (QED) is 0.603. The third-order valence-corrected chi connectivity index (χ3v) is 6.06. The van der Waals surface area contributed by atoms with Crippen molar-refractivity contribution in [3.05, 3.63) is 51.3 Å². The number of pyridine rings is 1. The van der Waals surface area contributed by atoms with Crippen LogP contribution in [0.3, 0.4) is 0 Å². The highest BCUT2D eigenvalue weighted by Crippen LogP contribution is 2.44. The average molecular weight is 459 g/mol. The lowest BCUT2D eigenvalue weighted by molar-refractivity contribution is 0.0176. The van der Waals surface area contributed by atoms with E-state index in [0.717, 1.165) is 23.1 Å². The molecule has 2 aliphatic heterocycles. The fourth-order valence-corrected chi connectivity index (χ4v) is 4.63. The number of hydrogen-bond acceptors (Lipinski definition) is 7. The van der Waals surface area contributed by atoms with E-state index in [1.807, 2.05) is 26.0 Å². The van der Waals surface area contributed by atoms with Crippen molar-refractivity contribution in [1.29, 1.82) is 0 Å². The molecule has 4 rings (SSSR count). The second-order valence-corrected chi connectivity index (χ2v) is 8.95. The minimum atomic E-state index is -1.25. The first kappa shape index (κ1) is 23.3. The summed E-state index contributed by atoms with van der Waals surface area (Å²) < 4.78 is 24.4. The van der Waals surface area contributed by atoms with Gasteiger partial charge >= 0.3 is 5.97 Å². The first-order chi connectivity index (χ1) is 15.8. The molecule has 0 saturated carbocycles. The molecule has 1 aromatic heterocycles. The summed E-state index contributed by atoms with van der Waals surface area (Å²) in [6.07, 6.45) is 2.18. The van der Waals surface area contributed by atoms with Gasteiger partial charge < -0.3 is 24.1 Å². The molecule has 0 unspecified atom stereocenters. The molecule has 0 amide bonds. The van der Waals surface area contributed by atoms with Gasteiger partial charge in [-0.3, -0.25) is 14.5 Å². The topological polar surface area (TPSA) is 99.5 Å². The summed E-state index contributed by atoms with van der Waals surface area (Å²) in [5.41, 5.74) is 2.05. The summed E-state index contributed by atoms with van der Waals surface area (Å²) >= 11 is 0. The Hall–Kier alpha value is -2.88. The van der Waals surface area contributed by atoms with Gasteiger partial charge in [-0.2, -0.15) is 0 Å². The maximum atomic E-state index is 12.6. The van der Waals surface area contributed by atoms with Gasteiger partial charge in [-0.25, -0.2) is 4.79 Å². The minimum absolute atomic E-state index is 0.182. The Balaban J connectivity index is 1.91. The van der Waals surface area contributed by atoms with E-state index in [1.54, 1.807) is 18.9 Å². The van der Waals surface area contributed by atoms with Crippen molar-refractivity contribution >= 4 is 5.97 Å². The van der Waals surface area contributed by atoms with E-state index in [0.29, 0.717) is 44.5 Å². The Bertz CT molecular complexity index is 1110. The maximum Gasteiger partial charge on any atom is 0.341 e. The van der Waals surface area contributed by atoms with Crippen molar-refractivity contribution < 1.29 is 28.8 Å². The number of aromatic carboxylic acids is 1. The van der Waals surface area contributed by atoms with Crippen LogP contribution >= 0.6 is 0 Å². The molecule has 0 aliphatic carbocycles. The summed E-state index contributed by atoms with van der Waals surface area (Å²) in [6, 6.07) is 5.19. The monoisotopic (exact) mass is 458 g/mol. The van der Waals surface area contributed by atoms with Crippen molar-refractivity contribution in [1.82, 2.24) is 4.68 Å². The van der Waals surface area contributed by atoms with Crippen molar-refractivity contribution in [2.75, 3.05) is 45.7 Å². The van der Waals surface area contributed by atoms with Crippen molar-refractivity contribution in [3.63, 3.8) is 0 Å². The lowest BCUT2D eigenvalue weighted by Gasteiger charge is -2.53. The smallest absolute Gasteiger partial charge is 0.341 e. The highest BCUT2D eigenvalue weighted by Gasteiger charge is 2.43. The Morgan fingerprint density at radius 3 is 2.70 bits per heavy atom. The molecule has 2 aliphatic rings. The van der Waals surface area contributed by atoms with Gasteiger partial charge in [0, 0.05) is 50.6 Å². The van der Waals surface area contributed by atoms with Crippen LogP contribution in [-0.2, 0) is 20.8 Å². The predicted molar refractivity (Wildman–Crippen MR) is 122 cm³/mol. The molecule has 2 aromatic rings. The fraction of sp³-hybridized carbons (Fsp3) is 0.500.